The average molecular weight is 491 g/mol. The molecule has 1 amide bonds. The van der Waals surface area contributed by atoms with Gasteiger partial charge in [0.2, 0.25) is 10.0 Å². The number of rotatable bonds is 6. The number of esters is 1. The van der Waals surface area contributed by atoms with Crippen molar-refractivity contribution in [3.05, 3.63) is 94.5 Å². The second-order valence-corrected chi connectivity index (χ2v) is 10.8. The Kier molecular flexibility index (Phi) is 6.40. The van der Waals surface area contributed by atoms with Gasteiger partial charge in [-0.1, -0.05) is 30.3 Å². The first-order valence-electron chi connectivity index (χ1n) is 11.7. The van der Waals surface area contributed by atoms with Crippen LogP contribution in [0.25, 0.3) is 0 Å². The number of anilines is 1. The molecule has 3 aromatic rings. The molecule has 35 heavy (non-hydrogen) atoms. The lowest BCUT2D eigenvalue weighted by molar-refractivity contribution is -0.119. The van der Waals surface area contributed by atoms with E-state index in [0.29, 0.717) is 25.2 Å². The number of ether oxygens (including phenoxy) is 1. The highest BCUT2D eigenvalue weighted by Gasteiger charge is 2.28. The van der Waals surface area contributed by atoms with Crippen LogP contribution in [0, 0.1) is 0 Å². The molecule has 8 heteroatoms. The van der Waals surface area contributed by atoms with Crippen LogP contribution in [0.1, 0.15) is 39.0 Å². The molecule has 1 aliphatic carbocycles. The minimum atomic E-state index is -3.69. The van der Waals surface area contributed by atoms with Crippen LogP contribution in [0.5, 0.6) is 0 Å². The molecule has 0 spiro atoms. The molecular weight excluding hydrogens is 464 g/mol. The molecule has 3 aromatic carbocycles. The van der Waals surface area contributed by atoms with E-state index in [2.05, 4.69) is 5.32 Å². The van der Waals surface area contributed by atoms with Crippen molar-refractivity contribution in [1.29, 1.82) is 0 Å². The van der Waals surface area contributed by atoms with E-state index in [9.17, 15) is 18.0 Å². The molecule has 7 nitrogen and oxygen atoms in total. The topological polar surface area (TPSA) is 92.8 Å². The van der Waals surface area contributed by atoms with Crippen LogP contribution < -0.4 is 5.32 Å². The summed E-state index contributed by atoms with van der Waals surface area (Å²) in [4.78, 5) is 24.7. The zero-order valence-corrected chi connectivity index (χ0v) is 20.0. The van der Waals surface area contributed by atoms with Crippen LogP contribution in [0.15, 0.2) is 71.6 Å². The van der Waals surface area contributed by atoms with E-state index >= 15 is 0 Å². The van der Waals surface area contributed by atoms with Gasteiger partial charge in [-0.2, -0.15) is 4.31 Å². The van der Waals surface area contributed by atoms with Crippen LogP contribution in [-0.2, 0) is 45.4 Å². The Morgan fingerprint density at radius 2 is 1.57 bits per heavy atom. The number of nitrogens with one attached hydrogen (secondary N) is 1. The highest BCUT2D eigenvalue weighted by molar-refractivity contribution is 7.89. The molecule has 0 radical (unpaired) electrons. The Morgan fingerprint density at radius 1 is 0.857 bits per heavy atom. The second kappa shape index (κ2) is 9.64. The van der Waals surface area contributed by atoms with Gasteiger partial charge in [-0.3, -0.25) is 4.79 Å². The van der Waals surface area contributed by atoms with Crippen LogP contribution in [-0.4, -0.2) is 37.8 Å². The highest BCUT2D eigenvalue weighted by atomic mass is 32.2. The standard InChI is InChI=1S/C27H26N2O5S/c30-26(28-24-11-8-19-6-3-7-22(19)16-24)18-34-27(31)21-9-12-25(13-10-21)35(32,33)29-15-14-20-4-1-2-5-23(20)17-29/h1-2,4-5,8-13,16H,3,6-7,14-15,17-18H2,(H,28,30). The molecule has 0 atom stereocenters. The van der Waals surface area contributed by atoms with Gasteiger partial charge < -0.3 is 10.1 Å². The lowest BCUT2D eigenvalue weighted by Crippen LogP contribution is -2.35. The molecule has 1 N–H and O–H groups in total. The maximum atomic E-state index is 13.1. The monoisotopic (exact) mass is 490 g/mol. The van der Waals surface area contributed by atoms with Gasteiger partial charge in [0.15, 0.2) is 6.61 Å². The van der Waals surface area contributed by atoms with Crippen LogP contribution in [0.4, 0.5) is 5.69 Å². The third kappa shape index (κ3) is 4.99. The number of benzene rings is 3. The number of hydrogen-bond acceptors (Lipinski definition) is 5. The summed E-state index contributed by atoms with van der Waals surface area (Å²) >= 11 is 0. The normalized spacial score (nSPS) is 15.2. The zero-order chi connectivity index (χ0) is 24.4. The third-order valence-electron chi connectivity index (χ3n) is 6.54. The van der Waals surface area contributed by atoms with Gasteiger partial charge in [0.05, 0.1) is 10.5 Å². The summed E-state index contributed by atoms with van der Waals surface area (Å²) in [6, 6.07) is 19.3. The molecule has 180 valence electrons. The van der Waals surface area contributed by atoms with E-state index in [1.54, 1.807) is 0 Å². The van der Waals surface area contributed by atoms with E-state index in [1.165, 1.54) is 39.7 Å². The fourth-order valence-electron chi connectivity index (χ4n) is 4.65. The Balaban J connectivity index is 1.18. The fraction of sp³-hybridized carbons (Fsp3) is 0.259. The van der Waals surface area contributed by atoms with Crippen LogP contribution in [0.3, 0.4) is 0 Å². The van der Waals surface area contributed by atoms with Crippen molar-refractivity contribution < 1.29 is 22.7 Å². The van der Waals surface area contributed by atoms with Crippen LogP contribution in [0.2, 0.25) is 0 Å². The highest BCUT2D eigenvalue weighted by Crippen LogP contribution is 2.26. The molecule has 5 rings (SSSR count). The van der Waals surface area contributed by atoms with Crippen molar-refractivity contribution in [1.82, 2.24) is 4.31 Å². The average Bonchev–Trinajstić information content (AvgIpc) is 3.35. The molecule has 0 aromatic heterocycles. The second-order valence-electron chi connectivity index (χ2n) is 8.84. The SMILES string of the molecule is O=C(COC(=O)c1ccc(S(=O)(=O)N2CCc3ccccc3C2)cc1)Nc1ccc2c(c1)CCC2. The Labute approximate surface area is 204 Å². The van der Waals surface area contributed by atoms with E-state index in [-0.39, 0.29) is 10.5 Å². The zero-order valence-electron chi connectivity index (χ0n) is 19.2. The summed E-state index contributed by atoms with van der Waals surface area (Å²) in [5.41, 5.74) is 5.58. The number of carbonyl (C=O) groups is 2. The van der Waals surface area contributed by atoms with E-state index in [4.69, 9.17) is 4.74 Å². The first-order chi connectivity index (χ1) is 16.9. The maximum absolute atomic E-state index is 13.1. The van der Waals surface area contributed by atoms with Gasteiger partial charge in [0, 0.05) is 18.8 Å². The summed E-state index contributed by atoms with van der Waals surface area (Å²) in [6.45, 7) is 0.299. The minimum absolute atomic E-state index is 0.114. The number of fused-ring (bicyclic) bond motifs is 2. The molecule has 0 fully saturated rings. The van der Waals surface area contributed by atoms with Gasteiger partial charge in [-0.05, 0) is 84.3 Å². The number of amides is 1. The first-order valence-corrected chi connectivity index (χ1v) is 13.1. The molecular formula is C27H26N2O5S. The largest absolute Gasteiger partial charge is 0.452 e. The molecule has 1 heterocycles. The third-order valence-corrected chi connectivity index (χ3v) is 8.40. The van der Waals surface area contributed by atoms with Crippen molar-refractivity contribution in [2.75, 3.05) is 18.5 Å². The number of carbonyl (C=O) groups excluding carboxylic acids is 2. The molecule has 0 unspecified atom stereocenters. The predicted molar refractivity (Wildman–Crippen MR) is 132 cm³/mol. The summed E-state index contributed by atoms with van der Waals surface area (Å²) < 4.78 is 32.8. The smallest absolute Gasteiger partial charge is 0.338 e. The molecule has 2 aliphatic rings. The van der Waals surface area contributed by atoms with Gasteiger partial charge in [-0.15, -0.1) is 0 Å². The molecule has 0 bridgehead atoms. The maximum Gasteiger partial charge on any atom is 0.338 e. The lowest BCUT2D eigenvalue weighted by atomic mass is 10.0. The summed E-state index contributed by atoms with van der Waals surface area (Å²) in [5, 5.41) is 2.75. The van der Waals surface area contributed by atoms with Crippen LogP contribution >= 0.6 is 0 Å². The fourth-order valence-corrected chi connectivity index (χ4v) is 6.07. The number of sulfonamides is 1. The van der Waals surface area contributed by atoms with Crippen molar-refractivity contribution in [3.63, 3.8) is 0 Å². The summed E-state index contributed by atoms with van der Waals surface area (Å²) in [5.74, 6) is -1.12. The van der Waals surface area contributed by atoms with Crippen molar-refractivity contribution >= 4 is 27.6 Å². The van der Waals surface area contributed by atoms with Crippen molar-refractivity contribution in [3.8, 4) is 0 Å². The first kappa shape index (κ1) is 23.3. The summed E-state index contributed by atoms with van der Waals surface area (Å²) in [7, 11) is -3.69. The van der Waals surface area contributed by atoms with Gasteiger partial charge in [-0.25, -0.2) is 13.2 Å². The molecule has 0 saturated carbocycles. The number of hydrogen-bond donors (Lipinski definition) is 1. The molecule has 1 aliphatic heterocycles. The van der Waals surface area contributed by atoms with E-state index < -0.39 is 28.5 Å². The lowest BCUT2D eigenvalue weighted by Gasteiger charge is -2.28. The molecule has 0 saturated heterocycles. The number of nitrogens with zero attached hydrogens (tertiary/aromatic N) is 1. The Hall–Kier alpha value is -3.49. The van der Waals surface area contributed by atoms with Gasteiger partial charge >= 0.3 is 5.97 Å². The minimum Gasteiger partial charge on any atom is -0.452 e. The quantitative estimate of drug-likeness (QED) is 0.532. The van der Waals surface area contributed by atoms with E-state index in [0.717, 1.165) is 30.4 Å². The summed E-state index contributed by atoms with van der Waals surface area (Å²) in [6.07, 6.45) is 3.85. The van der Waals surface area contributed by atoms with E-state index in [1.807, 2.05) is 42.5 Å². The van der Waals surface area contributed by atoms with Crippen molar-refractivity contribution in [2.24, 2.45) is 0 Å². The van der Waals surface area contributed by atoms with Crippen molar-refractivity contribution in [2.45, 2.75) is 37.1 Å². The number of aryl methyl sites for hydroxylation is 2. The Morgan fingerprint density at radius 3 is 2.37 bits per heavy atom. The predicted octanol–water partition coefficient (Wildman–Crippen LogP) is 3.72. The Bertz CT molecular complexity index is 1380. The van der Waals surface area contributed by atoms with Gasteiger partial charge in [0.25, 0.3) is 5.91 Å². The van der Waals surface area contributed by atoms with Gasteiger partial charge in [0.1, 0.15) is 0 Å².